The third-order valence-electron chi connectivity index (χ3n) is 2.50. The van der Waals surface area contributed by atoms with Crippen LogP contribution >= 0.6 is 0 Å². The van der Waals surface area contributed by atoms with Crippen LogP contribution < -0.4 is 15.8 Å². The van der Waals surface area contributed by atoms with E-state index in [-0.39, 0.29) is 0 Å². The zero-order valence-electron chi connectivity index (χ0n) is 9.44. The number of rotatable bonds is 4. The summed E-state index contributed by atoms with van der Waals surface area (Å²) in [6, 6.07) is 8.39. The number of nitrogens with zero attached hydrogens (tertiary/aromatic N) is 1. The fraction of sp³-hybridized carbons (Fsp3) is 0.417. The van der Waals surface area contributed by atoms with Crippen molar-refractivity contribution in [2.24, 2.45) is 10.7 Å². The molecule has 0 atom stereocenters. The van der Waals surface area contributed by atoms with Gasteiger partial charge in [0.25, 0.3) is 0 Å². The van der Waals surface area contributed by atoms with Gasteiger partial charge < -0.3 is 15.8 Å². The number of ether oxygens (including phenoxy) is 1. The Morgan fingerprint density at radius 3 is 3.06 bits per heavy atom. The van der Waals surface area contributed by atoms with Gasteiger partial charge in [-0.3, -0.25) is 0 Å². The average molecular weight is 219 g/mol. The summed E-state index contributed by atoms with van der Waals surface area (Å²) in [5.41, 5.74) is 6.84. The van der Waals surface area contributed by atoms with E-state index in [1.165, 1.54) is 12.8 Å². The Labute approximate surface area is 95.5 Å². The van der Waals surface area contributed by atoms with E-state index in [4.69, 9.17) is 10.5 Å². The Balaban J connectivity index is 1.91. The molecule has 1 saturated carbocycles. The predicted octanol–water partition coefficient (Wildman–Crippen LogP) is 1.26. The molecule has 1 aromatic carbocycles. The first-order chi connectivity index (χ1) is 7.78. The van der Waals surface area contributed by atoms with Crippen molar-refractivity contribution < 1.29 is 4.74 Å². The standard InChI is InChI=1S/C12H17N3O/c1-16-11-4-2-3-9(7-11)8-14-12(13)15-10-5-6-10/h2-4,7,10H,5-6,8H2,1H3,(H3,13,14,15). The Morgan fingerprint density at radius 1 is 1.56 bits per heavy atom. The number of hydrogen-bond acceptors (Lipinski definition) is 2. The lowest BCUT2D eigenvalue weighted by Crippen LogP contribution is -2.33. The van der Waals surface area contributed by atoms with Gasteiger partial charge in [-0.05, 0) is 30.5 Å². The van der Waals surface area contributed by atoms with Gasteiger partial charge in [0.15, 0.2) is 5.96 Å². The SMILES string of the molecule is COc1cccc(CN=C(N)NC2CC2)c1. The van der Waals surface area contributed by atoms with Crippen molar-refractivity contribution in [3.63, 3.8) is 0 Å². The van der Waals surface area contributed by atoms with Gasteiger partial charge >= 0.3 is 0 Å². The summed E-state index contributed by atoms with van der Waals surface area (Å²) in [4.78, 5) is 4.28. The van der Waals surface area contributed by atoms with Crippen molar-refractivity contribution in [2.75, 3.05) is 7.11 Å². The third kappa shape index (κ3) is 3.15. The molecule has 4 heteroatoms. The van der Waals surface area contributed by atoms with Crippen LogP contribution in [0.4, 0.5) is 0 Å². The topological polar surface area (TPSA) is 59.6 Å². The predicted molar refractivity (Wildman–Crippen MR) is 64.5 cm³/mol. The normalized spacial score (nSPS) is 15.9. The molecular formula is C12H17N3O. The van der Waals surface area contributed by atoms with Crippen molar-refractivity contribution in [2.45, 2.75) is 25.4 Å². The number of nitrogens with two attached hydrogens (primary N) is 1. The van der Waals surface area contributed by atoms with Gasteiger partial charge in [-0.25, -0.2) is 4.99 Å². The van der Waals surface area contributed by atoms with Gasteiger partial charge in [0.05, 0.1) is 13.7 Å². The molecule has 0 unspecified atom stereocenters. The van der Waals surface area contributed by atoms with Gasteiger partial charge in [-0.2, -0.15) is 0 Å². The summed E-state index contributed by atoms with van der Waals surface area (Å²) in [6.07, 6.45) is 2.41. The summed E-state index contributed by atoms with van der Waals surface area (Å²) in [5, 5.41) is 3.15. The van der Waals surface area contributed by atoms with E-state index in [2.05, 4.69) is 10.3 Å². The van der Waals surface area contributed by atoms with Crippen LogP contribution in [0.5, 0.6) is 5.75 Å². The second-order valence-corrected chi connectivity index (χ2v) is 3.97. The third-order valence-corrected chi connectivity index (χ3v) is 2.50. The van der Waals surface area contributed by atoms with E-state index in [0.717, 1.165) is 11.3 Å². The molecule has 16 heavy (non-hydrogen) atoms. The molecule has 86 valence electrons. The minimum absolute atomic E-state index is 0.533. The van der Waals surface area contributed by atoms with Crippen LogP contribution in [0.2, 0.25) is 0 Å². The second kappa shape index (κ2) is 4.88. The zero-order valence-corrected chi connectivity index (χ0v) is 9.44. The lowest BCUT2D eigenvalue weighted by atomic mass is 10.2. The molecular weight excluding hydrogens is 202 g/mol. The van der Waals surface area contributed by atoms with Gasteiger partial charge in [0.1, 0.15) is 5.75 Å². The monoisotopic (exact) mass is 219 g/mol. The zero-order chi connectivity index (χ0) is 11.4. The minimum Gasteiger partial charge on any atom is -0.497 e. The summed E-state index contributed by atoms with van der Waals surface area (Å²) in [7, 11) is 1.66. The highest BCUT2D eigenvalue weighted by atomic mass is 16.5. The molecule has 0 heterocycles. The van der Waals surface area contributed by atoms with Crippen LogP contribution in [0.3, 0.4) is 0 Å². The van der Waals surface area contributed by atoms with Crippen molar-refractivity contribution in [1.29, 1.82) is 0 Å². The first-order valence-corrected chi connectivity index (χ1v) is 5.47. The minimum atomic E-state index is 0.533. The number of guanidine groups is 1. The lowest BCUT2D eigenvalue weighted by molar-refractivity contribution is 0.414. The fourth-order valence-corrected chi connectivity index (χ4v) is 1.43. The first-order valence-electron chi connectivity index (χ1n) is 5.47. The molecule has 1 aromatic rings. The van der Waals surface area contributed by atoms with E-state index >= 15 is 0 Å². The summed E-state index contributed by atoms with van der Waals surface area (Å²) in [5.74, 6) is 1.38. The van der Waals surface area contributed by atoms with Crippen LogP contribution in [-0.4, -0.2) is 19.1 Å². The van der Waals surface area contributed by atoms with Crippen LogP contribution in [0.25, 0.3) is 0 Å². The number of aliphatic imine (C=N–C) groups is 1. The Morgan fingerprint density at radius 2 is 2.38 bits per heavy atom. The number of benzene rings is 1. The van der Waals surface area contributed by atoms with Gasteiger partial charge in [0, 0.05) is 6.04 Å². The molecule has 0 bridgehead atoms. The largest absolute Gasteiger partial charge is 0.497 e. The van der Waals surface area contributed by atoms with E-state index in [0.29, 0.717) is 18.5 Å². The number of methoxy groups -OCH3 is 1. The summed E-state index contributed by atoms with van der Waals surface area (Å²) < 4.78 is 5.14. The average Bonchev–Trinajstić information content (AvgIpc) is 3.10. The molecule has 0 aliphatic heterocycles. The first kappa shape index (κ1) is 10.8. The molecule has 4 nitrogen and oxygen atoms in total. The highest BCUT2D eigenvalue weighted by Crippen LogP contribution is 2.18. The second-order valence-electron chi connectivity index (χ2n) is 3.97. The highest BCUT2D eigenvalue weighted by molar-refractivity contribution is 5.78. The summed E-state index contributed by atoms with van der Waals surface area (Å²) >= 11 is 0. The lowest BCUT2D eigenvalue weighted by Gasteiger charge is -2.04. The van der Waals surface area contributed by atoms with Crippen molar-refractivity contribution in [1.82, 2.24) is 5.32 Å². The molecule has 1 fully saturated rings. The van der Waals surface area contributed by atoms with Crippen LogP contribution in [0.15, 0.2) is 29.3 Å². The maximum absolute atomic E-state index is 5.74. The van der Waals surface area contributed by atoms with Gasteiger partial charge in [-0.1, -0.05) is 12.1 Å². The molecule has 0 spiro atoms. The molecule has 1 aliphatic carbocycles. The quantitative estimate of drug-likeness (QED) is 0.592. The maximum atomic E-state index is 5.74. The molecule has 0 saturated heterocycles. The van der Waals surface area contributed by atoms with Crippen molar-refractivity contribution in [3.8, 4) is 5.75 Å². The smallest absolute Gasteiger partial charge is 0.189 e. The number of hydrogen-bond donors (Lipinski definition) is 2. The summed E-state index contributed by atoms with van der Waals surface area (Å²) in [6.45, 7) is 0.586. The van der Waals surface area contributed by atoms with Gasteiger partial charge in [-0.15, -0.1) is 0 Å². The van der Waals surface area contributed by atoms with Crippen LogP contribution in [0.1, 0.15) is 18.4 Å². The highest BCUT2D eigenvalue weighted by Gasteiger charge is 2.21. The molecule has 3 N–H and O–H groups in total. The van der Waals surface area contributed by atoms with Gasteiger partial charge in [0.2, 0.25) is 0 Å². The van der Waals surface area contributed by atoms with Crippen molar-refractivity contribution >= 4 is 5.96 Å². The molecule has 1 aliphatic rings. The number of nitrogens with one attached hydrogen (secondary N) is 1. The molecule has 2 rings (SSSR count). The Kier molecular flexibility index (Phi) is 3.29. The fourth-order valence-electron chi connectivity index (χ4n) is 1.43. The van der Waals surface area contributed by atoms with Crippen LogP contribution in [-0.2, 0) is 6.54 Å². The Bertz CT molecular complexity index is 386. The molecule has 0 aromatic heterocycles. The molecule has 0 amide bonds. The Hall–Kier alpha value is -1.71. The van der Waals surface area contributed by atoms with E-state index in [1.54, 1.807) is 7.11 Å². The van der Waals surface area contributed by atoms with Crippen LogP contribution in [0, 0.1) is 0 Å². The van der Waals surface area contributed by atoms with E-state index in [9.17, 15) is 0 Å². The maximum Gasteiger partial charge on any atom is 0.189 e. The van der Waals surface area contributed by atoms with E-state index in [1.807, 2.05) is 24.3 Å². The van der Waals surface area contributed by atoms with Crippen molar-refractivity contribution in [3.05, 3.63) is 29.8 Å². The van der Waals surface area contributed by atoms with E-state index < -0.39 is 0 Å². The molecule has 0 radical (unpaired) electrons.